The van der Waals surface area contributed by atoms with Crippen molar-refractivity contribution < 1.29 is 19.1 Å². The van der Waals surface area contributed by atoms with E-state index in [4.69, 9.17) is 9.47 Å². The minimum Gasteiger partial charge on any atom is -0.494 e. The Morgan fingerprint density at radius 3 is 2.65 bits per heavy atom. The van der Waals surface area contributed by atoms with E-state index in [0.717, 1.165) is 52.0 Å². The third-order valence-corrected chi connectivity index (χ3v) is 6.34. The largest absolute Gasteiger partial charge is 0.494 e. The summed E-state index contributed by atoms with van der Waals surface area (Å²) in [6.07, 6.45) is 3.42. The van der Waals surface area contributed by atoms with Gasteiger partial charge in [-0.15, -0.1) is 0 Å². The fourth-order valence-electron chi connectivity index (χ4n) is 4.39. The van der Waals surface area contributed by atoms with Crippen molar-refractivity contribution in [3.63, 3.8) is 0 Å². The molecule has 0 aliphatic heterocycles. The molecule has 0 aliphatic carbocycles. The highest BCUT2D eigenvalue weighted by atomic mass is 16.5. The van der Waals surface area contributed by atoms with Gasteiger partial charge < -0.3 is 24.7 Å². The van der Waals surface area contributed by atoms with Gasteiger partial charge >= 0.3 is 5.97 Å². The SMILES string of the molecule is C=CC(=O)Nc1cc(-c2c(-c3cccc(OCCCN(C)C)c3)[nH]c3ncc(C(=O)OC(C)C)cc23)ccc1C. The summed E-state index contributed by atoms with van der Waals surface area (Å²) in [5.74, 6) is 0.0332. The third-order valence-electron chi connectivity index (χ3n) is 6.34. The number of ether oxygens (including phenoxy) is 2. The number of H-pyrrole nitrogens is 1. The van der Waals surface area contributed by atoms with E-state index < -0.39 is 5.97 Å². The van der Waals surface area contributed by atoms with Crippen molar-refractivity contribution in [2.75, 3.05) is 32.6 Å². The number of nitrogens with one attached hydrogen (secondary N) is 2. The van der Waals surface area contributed by atoms with Crippen molar-refractivity contribution in [1.29, 1.82) is 0 Å². The number of pyridine rings is 1. The molecule has 2 aromatic heterocycles. The van der Waals surface area contributed by atoms with Crippen LogP contribution in [0.15, 0.2) is 67.4 Å². The van der Waals surface area contributed by atoms with Gasteiger partial charge in [-0.25, -0.2) is 9.78 Å². The van der Waals surface area contributed by atoms with Gasteiger partial charge in [-0.05, 0) is 82.8 Å². The van der Waals surface area contributed by atoms with Crippen LogP contribution in [0.25, 0.3) is 33.4 Å². The highest BCUT2D eigenvalue weighted by Crippen LogP contribution is 2.40. The number of amides is 1. The lowest BCUT2D eigenvalue weighted by Gasteiger charge is -2.13. The van der Waals surface area contributed by atoms with E-state index in [0.29, 0.717) is 23.5 Å². The number of esters is 1. The zero-order valence-corrected chi connectivity index (χ0v) is 23.7. The number of carbonyl (C=O) groups excluding carboxylic acids is 2. The average Bonchev–Trinajstić information content (AvgIpc) is 3.31. The Bertz CT molecular complexity index is 1540. The molecule has 0 atom stereocenters. The minimum absolute atomic E-state index is 0.252. The van der Waals surface area contributed by atoms with Crippen molar-refractivity contribution in [1.82, 2.24) is 14.9 Å². The molecule has 40 heavy (non-hydrogen) atoms. The Hall–Kier alpha value is -4.43. The highest BCUT2D eigenvalue weighted by Gasteiger charge is 2.20. The Kier molecular flexibility index (Phi) is 9.01. The number of hydrogen-bond donors (Lipinski definition) is 2. The fourth-order valence-corrected chi connectivity index (χ4v) is 4.39. The van der Waals surface area contributed by atoms with Crippen LogP contribution >= 0.6 is 0 Å². The molecule has 0 aliphatic rings. The summed E-state index contributed by atoms with van der Waals surface area (Å²) >= 11 is 0. The Morgan fingerprint density at radius 1 is 1.12 bits per heavy atom. The first-order chi connectivity index (χ1) is 19.2. The number of hydrogen-bond acceptors (Lipinski definition) is 6. The Balaban J connectivity index is 1.84. The molecule has 1 amide bonds. The summed E-state index contributed by atoms with van der Waals surface area (Å²) in [7, 11) is 4.08. The van der Waals surface area contributed by atoms with Crippen LogP contribution in [0, 0.1) is 6.92 Å². The number of rotatable bonds is 11. The smallest absolute Gasteiger partial charge is 0.339 e. The molecule has 0 saturated carbocycles. The number of fused-ring (bicyclic) bond motifs is 1. The first-order valence-electron chi connectivity index (χ1n) is 13.3. The number of nitrogens with zero attached hydrogens (tertiary/aromatic N) is 2. The molecule has 0 spiro atoms. The van der Waals surface area contributed by atoms with Gasteiger partial charge in [0.15, 0.2) is 0 Å². The maximum absolute atomic E-state index is 12.7. The van der Waals surface area contributed by atoms with Gasteiger partial charge in [0, 0.05) is 34.9 Å². The van der Waals surface area contributed by atoms with E-state index in [1.165, 1.54) is 12.3 Å². The third kappa shape index (κ3) is 6.76. The fraction of sp³-hybridized carbons (Fsp3) is 0.281. The van der Waals surface area contributed by atoms with Crippen LogP contribution in [0.2, 0.25) is 0 Å². The Labute approximate surface area is 235 Å². The summed E-state index contributed by atoms with van der Waals surface area (Å²) in [6, 6.07) is 15.5. The van der Waals surface area contributed by atoms with Crippen molar-refractivity contribution in [3.8, 4) is 28.1 Å². The maximum atomic E-state index is 12.7. The summed E-state index contributed by atoms with van der Waals surface area (Å²) in [5.41, 5.74) is 5.98. The number of anilines is 1. The molecule has 0 fully saturated rings. The number of aromatic nitrogens is 2. The Morgan fingerprint density at radius 2 is 1.93 bits per heavy atom. The van der Waals surface area contributed by atoms with Gasteiger partial charge in [0.2, 0.25) is 5.91 Å². The molecular weight excluding hydrogens is 504 g/mol. The van der Waals surface area contributed by atoms with Gasteiger partial charge in [-0.1, -0.05) is 30.8 Å². The molecule has 0 radical (unpaired) electrons. The second-order valence-corrected chi connectivity index (χ2v) is 10.2. The number of aromatic amines is 1. The van der Waals surface area contributed by atoms with Crippen LogP contribution in [0.5, 0.6) is 5.75 Å². The quantitative estimate of drug-likeness (QED) is 0.133. The molecule has 4 rings (SSSR count). The van der Waals surface area contributed by atoms with Gasteiger partial charge in [-0.3, -0.25) is 4.79 Å². The molecule has 208 valence electrons. The lowest BCUT2D eigenvalue weighted by molar-refractivity contribution is -0.111. The summed E-state index contributed by atoms with van der Waals surface area (Å²) in [4.78, 5) is 35.0. The second kappa shape index (κ2) is 12.6. The molecule has 0 unspecified atom stereocenters. The zero-order valence-electron chi connectivity index (χ0n) is 23.7. The summed E-state index contributed by atoms with van der Waals surface area (Å²) in [5, 5.41) is 3.65. The first kappa shape index (κ1) is 28.6. The topological polar surface area (TPSA) is 96.5 Å². The van der Waals surface area contributed by atoms with Crippen molar-refractivity contribution >= 4 is 28.6 Å². The molecule has 4 aromatic rings. The van der Waals surface area contributed by atoms with Crippen molar-refractivity contribution in [2.24, 2.45) is 0 Å². The predicted octanol–water partition coefficient (Wildman–Crippen LogP) is 6.23. The number of carbonyl (C=O) groups is 2. The van der Waals surface area contributed by atoms with Crippen LogP contribution in [0.4, 0.5) is 5.69 Å². The molecule has 2 heterocycles. The first-order valence-corrected chi connectivity index (χ1v) is 13.3. The van der Waals surface area contributed by atoms with E-state index in [1.54, 1.807) is 6.07 Å². The second-order valence-electron chi connectivity index (χ2n) is 10.2. The van der Waals surface area contributed by atoms with Crippen molar-refractivity contribution in [2.45, 2.75) is 33.3 Å². The van der Waals surface area contributed by atoms with Crippen molar-refractivity contribution in [3.05, 3.63) is 78.5 Å². The van der Waals surface area contributed by atoms with Crippen LogP contribution in [-0.2, 0) is 9.53 Å². The van der Waals surface area contributed by atoms with Crippen LogP contribution < -0.4 is 10.1 Å². The molecule has 0 saturated heterocycles. The molecule has 8 nitrogen and oxygen atoms in total. The molecule has 2 N–H and O–H groups in total. The van der Waals surface area contributed by atoms with E-state index in [1.807, 2.05) is 77.3 Å². The van der Waals surface area contributed by atoms with Crippen LogP contribution in [0.3, 0.4) is 0 Å². The maximum Gasteiger partial charge on any atom is 0.339 e. The monoisotopic (exact) mass is 540 g/mol. The lowest BCUT2D eigenvalue weighted by Crippen LogP contribution is -2.15. The number of aryl methyl sites for hydroxylation is 1. The average molecular weight is 541 g/mol. The lowest BCUT2D eigenvalue weighted by atomic mass is 9.96. The number of benzene rings is 2. The van der Waals surface area contributed by atoms with Crippen LogP contribution in [0.1, 0.15) is 36.2 Å². The standard InChI is InChI=1S/C32H36N4O4/c1-7-28(37)34-27-18-22(13-12-21(27)4)29-26-17-24(32(38)40-20(2)3)19-33-31(26)35-30(29)23-10-8-11-25(16-23)39-15-9-14-36(5)6/h7-8,10-13,16-20H,1,9,14-15H2,2-6H3,(H,33,35)(H,34,37). The van der Waals surface area contributed by atoms with Gasteiger partial charge in [0.25, 0.3) is 0 Å². The van der Waals surface area contributed by atoms with E-state index in [2.05, 4.69) is 26.8 Å². The molecule has 2 aromatic carbocycles. The molecular formula is C32H36N4O4. The van der Waals surface area contributed by atoms with Gasteiger partial charge in [0.1, 0.15) is 11.4 Å². The highest BCUT2D eigenvalue weighted by molar-refractivity contribution is 6.06. The van der Waals surface area contributed by atoms with Crippen LogP contribution in [-0.4, -0.2) is 60.1 Å². The predicted molar refractivity (Wildman–Crippen MR) is 160 cm³/mol. The van der Waals surface area contributed by atoms with E-state index >= 15 is 0 Å². The summed E-state index contributed by atoms with van der Waals surface area (Å²) < 4.78 is 11.5. The molecule has 0 bridgehead atoms. The zero-order chi connectivity index (χ0) is 28.8. The van der Waals surface area contributed by atoms with E-state index in [9.17, 15) is 9.59 Å². The van der Waals surface area contributed by atoms with Gasteiger partial charge in [-0.2, -0.15) is 0 Å². The minimum atomic E-state index is -0.436. The molecule has 8 heteroatoms. The summed E-state index contributed by atoms with van der Waals surface area (Å²) in [6.45, 7) is 10.7. The van der Waals surface area contributed by atoms with Gasteiger partial charge in [0.05, 0.1) is 24.0 Å². The normalized spacial score (nSPS) is 11.2. The van der Waals surface area contributed by atoms with E-state index in [-0.39, 0.29) is 12.0 Å².